The van der Waals surface area contributed by atoms with Gasteiger partial charge >= 0.3 is 0 Å². The molecular formula is C10H16N4O3. The van der Waals surface area contributed by atoms with Gasteiger partial charge in [0.1, 0.15) is 6.10 Å². The van der Waals surface area contributed by atoms with Crippen LogP contribution >= 0.6 is 0 Å². The Hall–Kier alpha value is -0.760. The third kappa shape index (κ3) is 1.36. The van der Waals surface area contributed by atoms with Crippen LogP contribution in [-0.2, 0) is 9.57 Å². The van der Waals surface area contributed by atoms with Crippen LogP contribution in [0.4, 0.5) is 0 Å². The zero-order chi connectivity index (χ0) is 11.6. The van der Waals surface area contributed by atoms with Crippen molar-refractivity contribution in [1.29, 1.82) is 0 Å². The van der Waals surface area contributed by atoms with E-state index in [1.807, 2.05) is 0 Å². The maximum absolute atomic E-state index is 11.3. The summed E-state index contributed by atoms with van der Waals surface area (Å²) in [6.45, 7) is 0. The van der Waals surface area contributed by atoms with E-state index in [4.69, 9.17) is 15.4 Å². The van der Waals surface area contributed by atoms with E-state index in [9.17, 15) is 5.21 Å². The van der Waals surface area contributed by atoms with E-state index in [1.165, 1.54) is 12.8 Å². The van der Waals surface area contributed by atoms with Crippen molar-refractivity contribution in [2.45, 2.75) is 37.6 Å². The molecule has 17 heavy (non-hydrogen) atoms. The number of epoxide rings is 1. The Labute approximate surface area is 98.4 Å². The molecule has 3 N–H and O–H groups in total. The highest BCUT2D eigenvalue weighted by Crippen LogP contribution is 2.64. The third-order valence-corrected chi connectivity index (χ3v) is 5.08. The molecule has 0 radical (unpaired) electrons. The first-order valence-electron chi connectivity index (χ1n) is 6.25. The minimum atomic E-state index is -0.659. The van der Waals surface area contributed by atoms with Gasteiger partial charge in [-0.3, -0.25) is 0 Å². The lowest BCUT2D eigenvalue weighted by Crippen LogP contribution is -3.02. The summed E-state index contributed by atoms with van der Waals surface area (Å²) >= 11 is 0. The van der Waals surface area contributed by atoms with Crippen molar-refractivity contribution < 1.29 is 14.9 Å². The summed E-state index contributed by atoms with van der Waals surface area (Å²) in [5, 5.41) is 16.8. The SMILES string of the molecule is NN=N[NH+]([O-])OC1CC2C[C@@H]1C1C2CC2OC21. The molecule has 94 valence electrons. The normalized spacial score (nSPS) is 56.2. The van der Waals surface area contributed by atoms with Crippen LogP contribution in [0.15, 0.2) is 10.4 Å². The van der Waals surface area contributed by atoms with Crippen LogP contribution in [0.1, 0.15) is 19.3 Å². The molecule has 1 saturated heterocycles. The standard InChI is InChI=1S/C10H16N4O3/c11-12-13-14(15)17-7-2-4-1-6(7)9-5(4)3-8-10(9)16-8/h4-10,14H,1-3H2,(H2,11,13)/t4?,5?,6-,7?,8?,9?,10?/m0/s1. The molecule has 0 spiro atoms. The molecule has 4 fully saturated rings. The van der Waals surface area contributed by atoms with Gasteiger partial charge in [0.2, 0.25) is 0 Å². The number of hydrogen-bond donors (Lipinski definition) is 2. The Morgan fingerprint density at radius 2 is 2.18 bits per heavy atom. The van der Waals surface area contributed by atoms with Gasteiger partial charge in [-0.15, -0.1) is 0 Å². The minimum Gasteiger partial charge on any atom is -0.571 e. The van der Waals surface area contributed by atoms with Gasteiger partial charge in [-0.05, 0) is 48.2 Å². The predicted octanol–water partition coefficient (Wildman–Crippen LogP) is -0.646. The maximum Gasteiger partial charge on any atom is 0.124 e. The molecule has 1 heterocycles. The Morgan fingerprint density at radius 1 is 1.29 bits per heavy atom. The Kier molecular flexibility index (Phi) is 2.03. The van der Waals surface area contributed by atoms with Crippen molar-refractivity contribution in [3.05, 3.63) is 5.21 Å². The van der Waals surface area contributed by atoms with Gasteiger partial charge in [0.25, 0.3) is 0 Å². The summed E-state index contributed by atoms with van der Waals surface area (Å²) in [5.74, 6) is 7.45. The first-order valence-corrected chi connectivity index (χ1v) is 6.25. The first kappa shape index (κ1) is 10.2. The molecule has 2 bridgehead atoms. The van der Waals surface area contributed by atoms with Gasteiger partial charge in [-0.2, -0.15) is 4.84 Å². The number of nitrogens with one attached hydrogen (secondary N) is 1. The van der Waals surface area contributed by atoms with Gasteiger partial charge in [0.05, 0.1) is 17.4 Å². The highest BCUT2D eigenvalue weighted by molar-refractivity contribution is 5.14. The second kappa shape index (κ2) is 3.38. The molecule has 0 aromatic heterocycles. The quantitative estimate of drug-likeness (QED) is 0.296. The van der Waals surface area contributed by atoms with Crippen molar-refractivity contribution in [1.82, 2.24) is 0 Å². The first-order chi connectivity index (χ1) is 8.28. The zero-order valence-electron chi connectivity index (χ0n) is 9.36. The van der Waals surface area contributed by atoms with Crippen molar-refractivity contribution in [2.24, 2.45) is 40.0 Å². The third-order valence-electron chi connectivity index (χ3n) is 5.08. The number of hydrogen-bond acceptors (Lipinski definition) is 5. The Morgan fingerprint density at radius 3 is 3.00 bits per heavy atom. The van der Waals surface area contributed by atoms with Gasteiger partial charge in [-0.1, -0.05) is 5.34 Å². The smallest absolute Gasteiger partial charge is 0.124 e. The molecule has 7 nitrogen and oxygen atoms in total. The molecule has 4 aliphatic rings. The molecule has 8 atom stereocenters. The average Bonchev–Trinajstić information content (AvgIpc) is 2.69. The van der Waals surface area contributed by atoms with Gasteiger partial charge < -0.3 is 15.8 Å². The van der Waals surface area contributed by atoms with Crippen LogP contribution in [0.2, 0.25) is 0 Å². The topological polar surface area (TPSA) is 100 Å². The largest absolute Gasteiger partial charge is 0.571 e. The molecule has 3 aliphatic carbocycles. The molecule has 4 rings (SSSR count). The van der Waals surface area contributed by atoms with Crippen LogP contribution < -0.4 is 11.2 Å². The van der Waals surface area contributed by atoms with E-state index in [1.54, 1.807) is 0 Å². The number of ether oxygens (including phenoxy) is 1. The van der Waals surface area contributed by atoms with Gasteiger partial charge in [0.15, 0.2) is 0 Å². The average molecular weight is 240 g/mol. The van der Waals surface area contributed by atoms with E-state index >= 15 is 0 Å². The molecule has 7 unspecified atom stereocenters. The number of quaternary nitrogens is 1. The van der Waals surface area contributed by atoms with Crippen molar-refractivity contribution in [3.63, 3.8) is 0 Å². The van der Waals surface area contributed by atoms with Crippen LogP contribution in [0.25, 0.3) is 0 Å². The van der Waals surface area contributed by atoms with E-state index in [-0.39, 0.29) is 6.10 Å². The summed E-state index contributed by atoms with van der Waals surface area (Å²) in [6.07, 6.45) is 4.35. The van der Waals surface area contributed by atoms with E-state index in [2.05, 4.69) is 10.4 Å². The summed E-state index contributed by atoms with van der Waals surface area (Å²) in [5.41, 5.74) is 0. The molecule has 0 amide bonds. The maximum atomic E-state index is 11.3. The van der Waals surface area contributed by atoms with Gasteiger partial charge in [0, 0.05) is 0 Å². The minimum absolute atomic E-state index is 0.00204. The van der Waals surface area contributed by atoms with E-state index in [0.29, 0.717) is 30.0 Å². The molecule has 3 saturated carbocycles. The number of rotatable bonds is 3. The molecule has 1 aliphatic heterocycles. The van der Waals surface area contributed by atoms with Crippen molar-refractivity contribution >= 4 is 0 Å². The van der Waals surface area contributed by atoms with Crippen molar-refractivity contribution in [3.8, 4) is 0 Å². The summed E-state index contributed by atoms with van der Waals surface area (Å²) in [6, 6.07) is 0. The lowest BCUT2D eigenvalue weighted by Gasteiger charge is -2.32. The van der Waals surface area contributed by atoms with Crippen LogP contribution in [-0.4, -0.2) is 18.3 Å². The summed E-state index contributed by atoms with van der Waals surface area (Å²) in [4.78, 5) is 5.33. The summed E-state index contributed by atoms with van der Waals surface area (Å²) < 4.78 is 5.62. The van der Waals surface area contributed by atoms with Gasteiger partial charge in [-0.25, -0.2) is 0 Å². The second-order valence-electron chi connectivity index (χ2n) is 5.65. The molecule has 7 heteroatoms. The Bertz CT molecular complexity index is 365. The molecule has 0 aromatic carbocycles. The molecule has 0 aromatic rings. The monoisotopic (exact) mass is 240 g/mol. The second-order valence-corrected chi connectivity index (χ2v) is 5.65. The summed E-state index contributed by atoms with van der Waals surface area (Å²) in [7, 11) is 0. The van der Waals surface area contributed by atoms with E-state index < -0.39 is 5.34 Å². The van der Waals surface area contributed by atoms with Crippen LogP contribution in [0.3, 0.4) is 0 Å². The van der Waals surface area contributed by atoms with Crippen LogP contribution in [0, 0.1) is 28.9 Å². The highest BCUT2D eigenvalue weighted by Gasteiger charge is 2.67. The van der Waals surface area contributed by atoms with Crippen LogP contribution in [0.5, 0.6) is 0 Å². The zero-order valence-corrected chi connectivity index (χ0v) is 9.36. The fourth-order valence-electron chi connectivity index (χ4n) is 4.58. The number of fused-ring (bicyclic) bond motifs is 7. The van der Waals surface area contributed by atoms with Crippen molar-refractivity contribution in [2.75, 3.05) is 0 Å². The number of nitrogens with two attached hydrogens (primary N) is 1. The lowest BCUT2D eigenvalue weighted by molar-refractivity contribution is -1.07. The highest BCUT2D eigenvalue weighted by atomic mass is 16.9. The van der Waals surface area contributed by atoms with E-state index in [0.717, 1.165) is 12.3 Å². The fourth-order valence-corrected chi connectivity index (χ4v) is 4.58. The Balaban J connectivity index is 1.47. The fraction of sp³-hybridized carbons (Fsp3) is 1.00. The predicted molar refractivity (Wildman–Crippen MR) is 54.7 cm³/mol. The number of nitrogens with zero attached hydrogens (tertiary/aromatic N) is 2. The molecular weight excluding hydrogens is 224 g/mol. The lowest BCUT2D eigenvalue weighted by atomic mass is 9.79.